The Morgan fingerprint density at radius 3 is 2.81 bits per heavy atom. The van der Waals surface area contributed by atoms with Gasteiger partial charge >= 0.3 is 0 Å². The zero-order valence-corrected chi connectivity index (χ0v) is 13.6. The molecule has 1 heterocycles. The van der Waals surface area contributed by atoms with Crippen LogP contribution in [0.25, 0.3) is 0 Å². The van der Waals surface area contributed by atoms with E-state index in [0.717, 1.165) is 6.54 Å². The van der Waals surface area contributed by atoms with Crippen LogP contribution in [-0.2, 0) is 14.8 Å². The first-order valence-electron chi connectivity index (χ1n) is 6.86. The van der Waals surface area contributed by atoms with Gasteiger partial charge in [0.25, 0.3) is 0 Å². The van der Waals surface area contributed by atoms with E-state index in [2.05, 4.69) is 15.0 Å². The van der Waals surface area contributed by atoms with Crippen LogP contribution in [0, 0.1) is 0 Å². The molecule has 0 aliphatic carbocycles. The molecule has 21 heavy (non-hydrogen) atoms. The van der Waals surface area contributed by atoms with Gasteiger partial charge in [-0.05, 0) is 20.0 Å². The molecule has 0 saturated carbocycles. The average Bonchev–Trinajstić information content (AvgIpc) is 2.45. The molecule has 120 valence electrons. The second kappa shape index (κ2) is 8.93. The van der Waals surface area contributed by atoms with E-state index in [0.29, 0.717) is 31.9 Å². The fourth-order valence-electron chi connectivity index (χ4n) is 1.74. The number of rotatable bonds is 10. The third-order valence-corrected chi connectivity index (χ3v) is 4.39. The second-order valence-electron chi connectivity index (χ2n) is 4.60. The van der Waals surface area contributed by atoms with E-state index in [-0.39, 0.29) is 4.90 Å². The molecule has 7 nitrogen and oxygen atoms in total. The third-order valence-electron chi connectivity index (χ3n) is 2.90. The van der Waals surface area contributed by atoms with Gasteiger partial charge in [0.2, 0.25) is 10.0 Å². The van der Waals surface area contributed by atoms with Crippen molar-refractivity contribution in [1.82, 2.24) is 14.6 Å². The predicted octanol–water partition coefficient (Wildman–Crippen LogP) is 0.370. The minimum Gasteiger partial charge on any atom is -0.384 e. The van der Waals surface area contributed by atoms with Crippen molar-refractivity contribution in [3.8, 4) is 0 Å². The molecule has 0 radical (unpaired) electrons. The van der Waals surface area contributed by atoms with Crippen molar-refractivity contribution < 1.29 is 13.2 Å². The fourth-order valence-corrected chi connectivity index (χ4v) is 2.88. The molecule has 0 aromatic carbocycles. The molecule has 2 N–H and O–H groups in total. The number of sulfonamides is 1. The highest BCUT2D eigenvalue weighted by Gasteiger charge is 2.18. The largest absolute Gasteiger partial charge is 0.384 e. The Balaban J connectivity index is 2.61. The zero-order chi connectivity index (χ0) is 15.7. The lowest BCUT2D eigenvalue weighted by molar-refractivity contribution is 0.162. The molecule has 0 atom stereocenters. The van der Waals surface area contributed by atoms with Gasteiger partial charge in [-0.3, -0.25) is 4.98 Å². The number of nitrogens with one attached hydrogen (secondary N) is 2. The van der Waals surface area contributed by atoms with Crippen LogP contribution in [0.5, 0.6) is 0 Å². The molecule has 0 aliphatic rings. The summed E-state index contributed by atoms with van der Waals surface area (Å²) in [5.74, 6) is 0. The molecule has 0 unspecified atom stereocenters. The van der Waals surface area contributed by atoms with Gasteiger partial charge in [0, 0.05) is 45.7 Å². The SMILES string of the molecule is CCNc1ccncc1S(=O)(=O)NCCN(C)CCOC. The van der Waals surface area contributed by atoms with Crippen molar-refractivity contribution in [3.63, 3.8) is 0 Å². The van der Waals surface area contributed by atoms with E-state index < -0.39 is 10.0 Å². The van der Waals surface area contributed by atoms with E-state index in [1.807, 2.05) is 18.9 Å². The molecular weight excluding hydrogens is 292 g/mol. The molecule has 0 amide bonds. The number of ether oxygens (including phenoxy) is 1. The Morgan fingerprint density at radius 1 is 1.38 bits per heavy atom. The summed E-state index contributed by atoms with van der Waals surface area (Å²) < 4.78 is 32.1. The van der Waals surface area contributed by atoms with E-state index in [1.54, 1.807) is 19.4 Å². The third kappa shape index (κ3) is 5.96. The molecule has 8 heteroatoms. The van der Waals surface area contributed by atoms with Gasteiger partial charge in [-0.15, -0.1) is 0 Å². The van der Waals surface area contributed by atoms with Gasteiger partial charge in [-0.2, -0.15) is 0 Å². The van der Waals surface area contributed by atoms with Crippen LogP contribution in [0.1, 0.15) is 6.92 Å². The van der Waals surface area contributed by atoms with Gasteiger partial charge in [0.15, 0.2) is 0 Å². The highest BCUT2D eigenvalue weighted by molar-refractivity contribution is 7.89. The first kappa shape index (κ1) is 17.8. The van der Waals surface area contributed by atoms with Crippen molar-refractivity contribution in [1.29, 1.82) is 0 Å². The molecular formula is C13H24N4O3S. The summed E-state index contributed by atoms with van der Waals surface area (Å²) in [5, 5.41) is 3.02. The quantitative estimate of drug-likeness (QED) is 0.649. The van der Waals surface area contributed by atoms with Gasteiger partial charge in [-0.25, -0.2) is 13.1 Å². The van der Waals surface area contributed by atoms with Crippen molar-refractivity contribution in [2.45, 2.75) is 11.8 Å². The lowest BCUT2D eigenvalue weighted by Gasteiger charge is -2.17. The lowest BCUT2D eigenvalue weighted by atomic mass is 10.4. The maximum atomic E-state index is 12.3. The number of aromatic nitrogens is 1. The number of hydrogen-bond acceptors (Lipinski definition) is 6. The first-order chi connectivity index (χ1) is 10.0. The highest BCUT2D eigenvalue weighted by Crippen LogP contribution is 2.18. The molecule has 0 saturated heterocycles. The van der Waals surface area contributed by atoms with Crippen LogP contribution in [0.2, 0.25) is 0 Å². The summed E-state index contributed by atoms with van der Waals surface area (Å²) in [5.41, 5.74) is 0.563. The van der Waals surface area contributed by atoms with Gasteiger partial charge < -0.3 is 15.0 Å². The lowest BCUT2D eigenvalue weighted by Crippen LogP contribution is -2.34. The molecule has 0 bridgehead atoms. The fraction of sp³-hybridized carbons (Fsp3) is 0.615. The Bertz CT molecular complexity index is 522. The Kier molecular flexibility index (Phi) is 7.58. The highest BCUT2D eigenvalue weighted by atomic mass is 32.2. The minimum atomic E-state index is -3.56. The maximum absolute atomic E-state index is 12.3. The van der Waals surface area contributed by atoms with E-state index in [1.165, 1.54) is 6.20 Å². The standard InChI is InChI=1S/C13H24N4O3S/c1-4-15-12-5-6-14-11-13(12)21(18,19)16-7-8-17(2)9-10-20-3/h5-6,11,16H,4,7-10H2,1-3H3,(H,14,15). The molecule has 0 fully saturated rings. The van der Waals surface area contributed by atoms with E-state index in [9.17, 15) is 8.42 Å². The normalized spacial score (nSPS) is 11.8. The van der Waals surface area contributed by atoms with Crippen LogP contribution < -0.4 is 10.0 Å². The summed E-state index contributed by atoms with van der Waals surface area (Å²) in [7, 11) is -0.00401. The molecule has 1 aromatic rings. The number of likely N-dealkylation sites (N-methyl/N-ethyl adjacent to an activating group) is 1. The van der Waals surface area contributed by atoms with Crippen LogP contribution in [0.15, 0.2) is 23.4 Å². The summed E-state index contributed by atoms with van der Waals surface area (Å²) in [4.78, 5) is 6.06. The summed E-state index contributed by atoms with van der Waals surface area (Å²) in [6, 6.07) is 1.66. The minimum absolute atomic E-state index is 0.173. The van der Waals surface area contributed by atoms with Gasteiger partial charge in [0.1, 0.15) is 4.90 Å². The van der Waals surface area contributed by atoms with E-state index in [4.69, 9.17) is 4.74 Å². The zero-order valence-electron chi connectivity index (χ0n) is 12.8. The molecule has 0 aliphatic heterocycles. The Hall–Kier alpha value is -1.22. The van der Waals surface area contributed by atoms with Crippen molar-refractivity contribution in [2.24, 2.45) is 0 Å². The molecule has 1 aromatic heterocycles. The summed E-state index contributed by atoms with van der Waals surface area (Å²) in [6.45, 7) is 4.88. The number of nitrogens with zero attached hydrogens (tertiary/aromatic N) is 2. The van der Waals surface area contributed by atoms with Crippen LogP contribution >= 0.6 is 0 Å². The summed E-state index contributed by atoms with van der Waals surface area (Å²) in [6.07, 6.45) is 2.92. The van der Waals surface area contributed by atoms with Crippen LogP contribution in [-0.4, -0.2) is 65.2 Å². The topological polar surface area (TPSA) is 83.6 Å². The van der Waals surface area contributed by atoms with Crippen molar-refractivity contribution in [2.75, 3.05) is 52.3 Å². The van der Waals surface area contributed by atoms with Gasteiger partial charge in [0.05, 0.1) is 12.3 Å². The summed E-state index contributed by atoms with van der Waals surface area (Å²) >= 11 is 0. The van der Waals surface area contributed by atoms with Gasteiger partial charge in [-0.1, -0.05) is 0 Å². The van der Waals surface area contributed by atoms with Crippen molar-refractivity contribution in [3.05, 3.63) is 18.5 Å². The maximum Gasteiger partial charge on any atom is 0.244 e. The molecule has 1 rings (SSSR count). The number of methoxy groups -OCH3 is 1. The predicted molar refractivity (Wildman–Crippen MR) is 83.0 cm³/mol. The van der Waals surface area contributed by atoms with E-state index >= 15 is 0 Å². The van der Waals surface area contributed by atoms with Crippen LogP contribution in [0.3, 0.4) is 0 Å². The van der Waals surface area contributed by atoms with Crippen molar-refractivity contribution >= 4 is 15.7 Å². The number of hydrogen-bond donors (Lipinski definition) is 2. The smallest absolute Gasteiger partial charge is 0.244 e. The second-order valence-corrected chi connectivity index (χ2v) is 6.33. The Morgan fingerprint density at radius 2 is 2.14 bits per heavy atom. The number of pyridine rings is 1. The molecule has 0 spiro atoms. The van der Waals surface area contributed by atoms with Crippen LogP contribution in [0.4, 0.5) is 5.69 Å². The number of anilines is 1. The average molecular weight is 316 g/mol. The monoisotopic (exact) mass is 316 g/mol. The Labute approximate surface area is 126 Å². The first-order valence-corrected chi connectivity index (χ1v) is 8.34.